The molecule has 11 heteroatoms. The van der Waals surface area contributed by atoms with Crippen molar-refractivity contribution in [2.75, 3.05) is 48.4 Å². The first-order valence-electron chi connectivity index (χ1n) is 10.0. The first-order chi connectivity index (χ1) is 14.5. The predicted octanol–water partition coefficient (Wildman–Crippen LogP) is 1.66. The number of nitrogens with zero attached hydrogens (tertiary/aromatic N) is 6. The number of halogens is 2. The Morgan fingerprint density at radius 3 is 2.63 bits per heavy atom. The van der Waals surface area contributed by atoms with Gasteiger partial charge < -0.3 is 25.0 Å². The molecule has 0 unspecified atom stereocenters. The summed E-state index contributed by atoms with van der Waals surface area (Å²) in [5, 5.41) is 0. The van der Waals surface area contributed by atoms with Gasteiger partial charge >= 0.3 is 0 Å². The number of morpholine rings is 2. The lowest BCUT2D eigenvalue weighted by Gasteiger charge is -2.34. The summed E-state index contributed by atoms with van der Waals surface area (Å²) in [6, 6.07) is 1.60. The van der Waals surface area contributed by atoms with Gasteiger partial charge in [0.2, 0.25) is 11.9 Å². The summed E-state index contributed by atoms with van der Waals surface area (Å²) in [7, 11) is 0. The van der Waals surface area contributed by atoms with Gasteiger partial charge in [-0.3, -0.25) is 0 Å². The van der Waals surface area contributed by atoms with E-state index >= 15 is 0 Å². The molecule has 5 heterocycles. The Bertz CT molecular complexity index is 927. The van der Waals surface area contributed by atoms with Crippen molar-refractivity contribution in [3.05, 3.63) is 17.8 Å². The van der Waals surface area contributed by atoms with E-state index in [-0.39, 0.29) is 29.6 Å². The molecule has 0 radical (unpaired) electrons. The first-order valence-corrected chi connectivity index (χ1v) is 10.0. The van der Waals surface area contributed by atoms with E-state index in [1.54, 1.807) is 0 Å². The molecule has 0 aromatic carbocycles. The zero-order valence-corrected chi connectivity index (χ0v) is 16.5. The Morgan fingerprint density at radius 1 is 1.17 bits per heavy atom. The Labute approximate surface area is 172 Å². The number of nitrogens with two attached hydrogens (primary N) is 1. The van der Waals surface area contributed by atoms with Gasteiger partial charge in [-0.2, -0.15) is 15.0 Å². The number of ether oxygens (including phenoxy) is 2. The van der Waals surface area contributed by atoms with E-state index in [1.165, 1.54) is 12.3 Å². The summed E-state index contributed by atoms with van der Waals surface area (Å²) in [5.41, 5.74) is 5.67. The average Bonchev–Trinajstić information content (AvgIpc) is 3.38. The second-order valence-electron chi connectivity index (χ2n) is 7.87. The molecule has 3 saturated heterocycles. The van der Waals surface area contributed by atoms with Crippen molar-refractivity contribution in [3.8, 4) is 11.4 Å². The minimum Gasteiger partial charge on any atom is -0.383 e. The van der Waals surface area contributed by atoms with Gasteiger partial charge in [-0.15, -0.1) is 0 Å². The summed E-state index contributed by atoms with van der Waals surface area (Å²) in [4.78, 5) is 22.1. The first kappa shape index (κ1) is 19.3. The van der Waals surface area contributed by atoms with Crippen LogP contribution in [0.5, 0.6) is 0 Å². The van der Waals surface area contributed by atoms with Crippen LogP contribution in [0.25, 0.3) is 11.4 Å². The number of aromatic nitrogens is 4. The molecular formula is C19H23F2N7O2. The van der Waals surface area contributed by atoms with Gasteiger partial charge in [-0.05, 0) is 19.4 Å². The summed E-state index contributed by atoms with van der Waals surface area (Å²) < 4.78 is 37.9. The van der Waals surface area contributed by atoms with Crippen molar-refractivity contribution in [3.63, 3.8) is 0 Å². The van der Waals surface area contributed by atoms with Crippen molar-refractivity contribution >= 4 is 17.7 Å². The summed E-state index contributed by atoms with van der Waals surface area (Å²) in [6.45, 7) is 5.15. The van der Waals surface area contributed by atoms with Crippen molar-refractivity contribution in [1.29, 1.82) is 0 Å². The van der Waals surface area contributed by atoms with E-state index in [0.717, 1.165) is 6.42 Å². The molecule has 3 aliphatic rings. The van der Waals surface area contributed by atoms with Crippen LogP contribution in [0.2, 0.25) is 0 Å². The third kappa shape index (κ3) is 3.41. The van der Waals surface area contributed by atoms with E-state index < -0.39 is 6.43 Å². The molecule has 2 aromatic heterocycles. The predicted molar refractivity (Wildman–Crippen MR) is 106 cm³/mol. The van der Waals surface area contributed by atoms with Crippen LogP contribution < -0.4 is 15.5 Å². The summed E-state index contributed by atoms with van der Waals surface area (Å²) >= 11 is 0. The van der Waals surface area contributed by atoms with Gasteiger partial charge in [0, 0.05) is 24.8 Å². The van der Waals surface area contributed by atoms with E-state index in [9.17, 15) is 8.78 Å². The molecule has 2 aromatic rings. The molecule has 3 fully saturated rings. The number of pyridine rings is 1. The molecule has 0 aliphatic carbocycles. The molecule has 0 spiro atoms. The molecule has 9 nitrogen and oxygen atoms in total. The summed E-state index contributed by atoms with van der Waals surface area (Å²) in [6.07, 6.45) is -0.205. The molecule has 3 atom stereocenters. The highest BCUT2D eigenvalue weighted by atomic mass is 19.3. The van der Waals surface area contributed by atoms with Gasteiger partial charge in [0.25, 0.3) is 6.43 Å². The Hall–Kier alpha value is -2.66. The van der Waals surface area contributed by atoms with Crippen LogP contribution in [-0.4, -0.2) is 71.0 Å². The van der Waals surface area contributed by atoms with E-state index in [0.29, 0.717) is 56.2 Å². The number of rotatable bonds is 4. The van der Waals surface area contributed by atoms with Crippen LogP contribution in [0.3, 0.4) is 0 Å². The standard InChI is InChI=1S/C19H23F2N7O2/c1-10-8-29-3-2-27(10)18-24-17(11-4-14(15(20)21)16(22)23-6-11)25-19(26-18)28-7-13-5-12(28)9-30-13/h4,6,10,12-13,15H,2-3,5,7-9H2,1H3,(H2,22,23)/t10-,12-,13-/m1/s1. The highest BCUT2D eigenvalue weighted by molar-refractivity contribution is 5.62. The van der Waals surface area contributed by atoms with Crippen LogP contribution in [0, 0.1) is 0 Å². The molecule has 0 saturated carbocycles. The SMILES string of the molecule is C[C@@H]1COCCN1c1nc(-c2cnc(N)c(C(F)F)c2)nc(N2C[C@H]3C[C@@H]2CO3)n1. The minimum atomic E-state index is -2.73. The number of fused-ring (bicyclic) bond motifs is 2. The fourth-order valence-electron chi connectivity index (χ4n) is 4.20. The van der Waals surface area contributed by atoms with Crippen molar-refractivity contribution < 1.29 is 18.3 Å². The lowest BCUT2D eigenvalue weighted by molar-refractivity contribution is 0.0974. The fraction of sp³-hybridized carbons (Fsp3) is 0.579. The minimum absolute atomic E-state index is 0.0846. The lowest BCUT2D eigenvalue weighted by Crippen LogP contribution is -2.45. The lowest BCUT2D eigenvalue weighted by atomic mass is 10.2. The second-order valence-corrected chi connectivity index (χ2v) is 7.87. The number of anilines is 3. The molecular weight excluding hydrogens is 396 g/mol. The molecule has 5 rings (SSSR count). The monoisotopic (exact) mass is 419 g/mol. The maximum absolute atomic E-state index is 13.4. The molecule has 2 bridgehead atoms. The van der Waals surface area contributed by atoms with Crippen LogP contribution in [0.4, 0.5) is 26.5 Å². The Morgan fingerprint density at radius 2 is 1.97 bits per heavy atom. The number of hydrogen-bond acceptors (Lipinski definition) is 9. The maximum Gasteiger partial charge on any atom is 0.267 e. The topological polar surface area (TPSA) is 103 Å². The molecule has 2 N–H and O–H groups in total. The van der Waals surface area contributed by atoms with Gasteiger partial charge in [0.1, 0.15) is 5.82 Å². The van der Waals surface area contributed by atoms with Crippen LogP contribution >= 0.6 is 0 Å². The maximum atomic E-state index is 13.4. The second kappa shape index (κ2) is 7.55. The highest BCUT2D eigenvalue weighted by Gasteiger charge is 2.41. The zero-order valence-electron chi connectivity index (χ0n) is 16.5. The van der Waals surface area contributed by atoms with Gasteiger partial charge in [0.15, 0.2) is 5.82 Å². The quantitative estimate of drug-likeness (QED) is 0.792. The third-order valence-electron chi connectivity index (χ3n) is 5.84. The van der Waals surface area contributed by atoms with Crippen molar-refractivity contribution in [1.82, 2.24) is 19.9 Å². The Kier molecular flexibility index (Phi) is 4.86. The average molecular weight is 419 g/mol. The van der Waals surface area contributed by atoms with E-state index in [2.05, 4.69) is 24.8 Å². The van der Waals surface area contributed by atoms with Gasteiger partial charge in [-0.25, -0.2) is 13.8 Å². The molecule has 30 heavy (non-hydrogen) atoms. The van der Waals surface area contributed by atoms with E-state index in [1.807, 2.05) is 6.92 Å². The fourth-order valence-corrected chi connectivity index (χ4v) is 4.20. The Balaban J connectivity index is 1.58. The summed E-state index contributed by atoms with van der Waals surface area (Å²) in [5.74, 6) is 1.13. The van der Waals surface area contributed by atoms with E-state index in [4.69, 9.17) is 20.2 Å². The normalized spacial score (nSPS) is 26.1. The third-order valence-corrected chi connectivity index (χ3v) is 5.84. The largest absolute Gasteiger partial charge is 0.383 e. The van der Waals surface area contributed by atoms with Crippen LogP contribution in [-0.2, 0) is 9.47 Å². The highest BCUT2D eigenvalue weighted by Crippen LogP contribution is 2.33. The molecule has 160 valence electrons. The molecule has 0 amide bonds. The van der Waals surface area contributed by atoms with Crippen LogP contribution in [0.15, 0.2) is 12.3 Å². The smallest absolute Gasteiger partial charge is 0.267 e. The van der Waals surface area contributed by atoms with Gasteiger partial charge in [-0.1, -0.05) is 0 Å². The van der Waals surface area contributed by atoms with Crippen molar-refractivity contribution in [2.45, 2.75) is 38.0 Å². The number of nitrogen functional groups attached to an aromatic ring is 1. The molecule has 3 aliphatic heterocycles. The number of hydrogen-bond donors (Lipinski definition) is 1. The van der Waals surface area contributed by atoms with Crippen LogP contribution in [0.1, 0.15) is 25.3 Å². The van der Waals surface area contributed by atoms with Gasteiger partial charge in [0.05, 0.1) is 43.6 Å². The van der Waals surface area contributed by atoms with Crippen molar-refractivity contribution in [2.24, 2.45) is 0 Å². The number of alkyl halides is 2. The zero-order chi connectivity index (χ0) is 20.8.